The number of aromatic nitrogens is 2. The Morgan fingerprint density at radius 2 is 1.96 bits per heavy atom. The van der Waals surface area contributed by atoms with E-state index in [0.29, 0.717) is 36.0 Å². The number of hydrogen-bond acceptors (Lipinski definition) is 4. The molecule has 0 bridgehead atoms. The topological polar surface area (TPSA) is 69.3 Å². The van der Waals surface area contributed by atoms with Gasteiger partial charge in [-0.05, 0) is 25.6 Å². The number of carbonyl (C=O) groups is 1. The maximum absolute atomic E-state index is 12.2. The third-order valence-corrected chi connectivity index (χ3v) is 4.32. The van der Waals surface area contributed by atoms with E-state index in [1.165, 1.54) is 0 Å². The van der Waals surface area contributed by atoms with Crippen molar-refractivity contribution >= 4 is 16.8 Å². The number of fused-ring (bicyclic) bond motifs is 1. The summed E-state index contributed by atoms with van der Waals surface area (Å²) in [6.07, 6.45) is 1.81. The van der Waals surface area contributed by atoms with Gasteiger partial charge in [-0.25, -0.2) is 4.98 Å². The zero-order chi connectivity index (χ0) is 16.2. The van der Waals surface area contributed by atoms with Crippen LogP contribution in [0.25, 0.3) is 10.9 Å². The summed E-state index contributed by atoms with van der Waals surface area (Å²) in [5.74, 6) is 0.848. The first-order chi connectivity index (χ1) is 11.1. The molecule has 23 heavy (non-hydrogen) atoms. The number of aromatic amines is 1. The van der Waals surface area contributed by atoms with Crippen molar-refractivity contribution in [3.63, 3.8) is 0 Å². The van der Waals surface area contributed by atoms with Crippen LogP contribution in [0.15, 0.2) is 29.1 Å². The fourth-order valence-electron chi connectivity index (χ4n) is 2.87. The number of likely N-dealkylation sites (N-methyl/N-ethyl adjacent to an activating group) is 1. The van der Waals surface area contributed by atoms with Crippen LogP contribution in [0.3, 0.4) is 0 Å². The summed E-state index contributed by atoms with van der Waals surface area (Å²) in [5, 5.41) is 0.602. The van der Waals surface area contributed by atoms with Crippen molar-refractivity contribution in [3.8, 4) is 0 Å². The van der Waals surface area contributed by atoms with E-state index in [1.807, 2.05) is 23.1 Å². The zero-order valence-corrected chi connectivity index (χ0v) is 13.4. The lowest BCUT2D eigenvalue weighted by molar-refractivity contribution is -0.132. The zero-order valence-electron chi connectivity index (χ0n) is 13.4. The van der Waals surface area contributed by atoms with Crippen LogP contribution in [0.2, 0.25) is 0 Å². The molecule has 1 aromatic heterocycles. The van der Waals surface area contributed by atoms with Gasteiger partial charge in [0.05, 0.1) is 10.9 Å². The lowest BCUT2D eigenvalue weighted by Gasteiger charge is -2.32. The summed E-state index contributed by atoms with van der Waals surface area (Å²) < 4.78 is 0. The molecule has 1 fully saturated rings. The number of para-hydroxylation sites is 1. The third-order valence-electron chi connectivity index (χ3n) is 4.32. The van der Waals surface area contributed by atoms with Crippen molar-refractivity contribution in [2.75, 3.05) is 33.2 Å². The summed E-state index contributed by atoms with van der Waals surface area (Å²) in [4.78, 5) is 35.6. The molecule has 1 aromatic carbocycles. The number of nitrogens with one attached hydrogen (secondary N) is 1. The van der Waals surface area contributed by atoms with Crippen molar-refractivity contribution in [3.05, 3.63) is 40.4 Å². The predicted molar refractivity (Wildman–Crippen MR) is 89.4 cm³/mol. The maximum Gasteiger partial charge on any atom is 0.258 e. The Morgan fingerprint density at radius 3 is 2.74 bits per heavy atom. The first-order valence-electron chi connectivity index (χ1n) is 8.08. The Morgan fingerprint density at radius 1 is 1.22 bits per heavy atom. The van der Waals surface area contributed by atoms with Gasteiger partial charge in [0, 0.05) is 39.0 Å². The average Bonchev–Trinajstić information content (AvgIpc) is 2.55. The number of piperazine rings is 1. The lowest BCUT2D eigenvalue weighted by atomic mass is 10.2. The summed E-state index contributed by atoms with van der Waals surface area (Å²) in [6, 6.07) is 7.30. The number of hydrogen-bond donors (Lipinski definition) is 1. The predicted octanol–water partition coefficient (Wildman–Crippen LogP) is 1.02. The van der Waals surface area contributed by atoms with Crippen LogP contribution in [-0.4, -0.2) is 58.9 Å². The van der Waals surface area contributed by atoms with Gasteiger partial charge in [0.1, 0.15) is 5.82 Å². The number of nitrogens with zero attached hydrogens (tertiary/aromatic N) is 3. The Bertz CT molecular complexity index is 748. The largest absolute Gasteiger partial charge is 0.340 e. The standard InChI is InChI=1S/C17H22N4O2/c1-20-9-11-21(12-10-20)16(22)8-4-7-15-18-14-6-3-2-5-13(14)17(23)19-15/h2-3,5-6H,4,7-12H2,1H3,(H,18,19,23). The van der Waals surface area contributed by atoms with Gasteiger partial charge in [0.15, 0.2) is 0 Å². The van der Waals surface area contributed by atoms with Crippen LogP contribution in [0.1, 0.15) is 18.7 Å². The molecular weight excluding hydrogens is 292 g/mol. The van der Waals surface area contributed by atoms with Gasteiger partial charge in [-0.1, -0.05) is 12.1 Å². The molecule has 1 N–H and O–H groups in total. The monoisotopic (exact) mass is 314 g/mol. The van der Waals surface area contributed by atoms with E-state index in [0.717, 1.165) is 26.2 Å². The molecule has 0 radical (unpaired) electrons. The molecule has 6 nitrogen and oxygen atoms in total. The maximum atomic E-state index is 12.2. The van der Waals surface area contributed by atoms with Crippen molar-refractivity contribution < 1.29 is 4.79 Å². The summed E-state index contributed by atoms with van der Waals surface area (Å²) >= 11 is 0. The Hall–Kier alpha value is -2.21. The summed E-state index contributed by atoms with van der Waals surface area (Å²) in [6.45, 7) is 3.48. The van der Waals surface area contributed by atoms with E-state index >= 15 is 0 Å². The van der Waals surface area contributed by atoms with Crippen LogP contribution in [0, 0.1) is 0 Å². The van der Waals surface area contributed by atoms with Crippen LogP contribution in [0.5, 0.6) is 0 Å². The highest BCUT2D eigenvalue weighted by Crippen LogP contribution is 2.09. The smallest absolute Gasteiger partial charge is 0.258 e. The second-order valence-electron chi connectivity index (χ2n) is 6.07. The van der Waals surface area contributed by atoms with Gasteiger partial charge in [0.2, 0.25) is 5.91 Å². The number of H-pyrrole nitrogens is 1. The van der Waals surface area contributed by atoms with Gasteiger partial charge < -0.3 is 14.8 Å². The Labute approximate surface area is 135 Å². The normalized spacial score (nSPS) is 16.0. The van der Waals surface area contributed by atoms with E-state index in [2.05, 4.69) is 21.9 Å². The van der Waals surface area contributed by atoms with Gasteiger partial charge in [0.25, 0.3) is 5.56 Å². The lowest BCUT2D eigenvalue weighted by Crippen LogP contribution is -2.47. The number of rotatable bonds is 4. The minimum atomic E-state index is -0.115. The first kappa shape index (κ1) is 15.7. The van der Waals surface area contributed by atoms with E-state index in [4.69, 9.17) is 0 Å². The van der Waals surface area contributed by atoms with Gasteiger partial charge >= 0.3 is 0 Å². The Kier molecular flexibility index (Phi) is 4.71. The van der Waals surface area contributed by atoms with E-state index in [9.17, 15) is 9.59 Å². The van der Waals surface area contributed by atoms with Crippen molar-refractivity contribution in [2.24, 2.45) is 0 Å². The molecule has 1 aliphatic heterocycles. The molecule has 1 amide bonds. The van der Waals surface area contributed by atoms with Crippen LogP contribution in [0.4, 0.5) is 0 Å². The van der Waals surface area contributed by atoms with Crippen LogP contribution >= 0.6 is 0 Å². The molecule has 0 aliphatic carbocycles. The second-order valence-corrected chi connectivity index (χ2v) is 6.07. The highest BCUT2D eigenvalue weighted by atomic mass is 16.2. The summed E-state index contributed by atoms with van der Waals surface area (Å²) in [5.41, 5.74) is 0.590. The molecule has 6 heteroatoms. The van der Waals surface area contributed by atoms with Crippen LogP contribution in [-0.2, 0) is 11.2 Å². The van der Waals surface area contributed by atoms with Crippen LogP contribution < -0.4 is 5.56 Å². The molecule has 3 rings (SSSR count). The third kappa shape index (κ3) is 3.76. The minimum Gasteiger partial charge on any atom is -0.340 e. The first-order valence-corrected chi connectivity index (χ1v) is 8.08. The molecule has 0 atom stereocenters. The average molecular weight is 314 g/mol. The molecule has 0 saturated carbocycles. The molecule has 1 saturated heterocycles. The van der Waals surface area contributed by atoms with Gasteiger partial charge in [-0.15, -0.1) is 0 Å². The van der Waals surface area contributed by atoms with E-state index in [-0.39, 0.29) is 11.5 Å². The molecular formula is C17H22N4O2. The van der Waals surface area contributed by atoms with Crippen molar-refractivity contribution in [1.82, 2.24) is 19.8 Å². The molecule has 122 valence electrons. The fraction of sp³-hybridized carbons (Fsp3) is 0.471. The van der Waals surface area contributed by atoms with E-state index < -0.39 is 0 Å². The fourth-order valence-corrected chi connectivity index (χ4v) is 2.87. The number of amides is 1. The second kappa shape index (κ2) is 6.91. The van der Waals surface area contributed by atoms with Crippen molar-refractivity contribution in [2.45, 2.75) is 19.3 Å². The minimum absolute atomic E-state index is 0.115. The quantitative estimate of drug-likeness (QED) is 0.915. The molecule has 0 unspecified atom stereocenters. The SMILES string of the molecule is CN1CCN(C(=O)CCCc2nc3ccccc3c(=O)[nH]2)CC1. The highest BCUT2D eigenvalue weighted by Gasteiger charge is 2.18. The number of aryl methyl sites for hydroxylation is 1. The highest BCUT2D eigenvalue weighted by molar-refractivity contribution is 5.77. The van der Waals surface area contributed by atoms with Gasteiger partial charge in [-0.2, -0.15) is 0 Å². The number of benzene rings is 1. The summed E-state index contributed by atoms with van der Waals surface area (Å²) in [7, 11) is 2.07. The van der Waals surface area contributed by atoms with Gasteiger partial charge in [-0.3, -0.25) is 9.59 Å². The molecule has 2 aromatic rings. The van der Waals surface area contributed by atoms with Crippen molar-refractivity contribution in [1.29, 1.82) is 0 Å². The Balaban J connectivity index is 1.56. The number of carbonyl (C=O) groups excluding carboxylic acids is 1. The van der Waals surface area contributed by atoms with E-state index in [1.54, 1.807) is 6.07 Å². The molecule has 1 aliphatic rings. The molecule has 0 spiro atoms. The molecule has 2 heterocycles.